The summed E-state index contributed by atoms with van der Waals surface area (Å²) in [6.45, 7) is 8.48. The van der Waals surface area contributed by atoms with Gasteiger partial charge in [0.2, 0.25) is 5.79 Å². The van der Waals surface area contributed by atoms with Crippen LogP contribution in [0.25, 0.3) is 5.69 Å². The van der Waals surface area contributed by atoms with Gasteiger partial charge in [0.05, 0.1) is 12.3 Å². The predicted octanol–water partition coefficient (Wildman–Crippen LogP) is 4.23. The Balaban J connectivity index is 0.922. The summed E-state index contributed by atoms with van der Waals surface area (Å²) in [5, 5.41) is 8.36. The van der Waals surface area contributed by atoms with Gasteiger partial charge in [-0.1, -0.05) is 13.8 Å². The van der Waals surface area contributed by atoms with E-state index in [1.54, 1.807) is 10.9 Å². The lowest BCUT2D eigenvalue weighted by Gasteiger charge is -2.37. The number of hydrogen-bond acceptors (Lipinski definition) is 9. The summed E-state index contributed by atoms with van der Waals surface area (Å²) < 4.78 is 51.4. The summed E-state index contributed by atoms with van der Waals surface area (Å²) in [5.41, 5.74) is 2.95. The van der Waals surface area contributed by atoms with Crippen molar-refractivity contribution in [3.8, 4) is 11.4 Å². The zero-order valence-electron chi connectivity index (χ0n) is 27.4. The Morgan fingerprint density at radius 2 is 1.57 bits per heavy atom. The lowest BCUT2D eigenvalue weighted by molar-refractivity contribution is -0.192. The monoisotopic (exact) mass is 672 g/mol. The predicted molar refractivity (Wildman–Crippen MR) is 178 cm³/mol. The van der Waals surface area contributed by atoms with Crippen LogP contribution in [0.4, 0.5) is 20.2 Å². The van der Waals surface area contributed by atoms with E-state index in [9.17, 15) is 13.6 Å². The second-order valence-corrected chi connectivity index (χ2v) is 12.7. The lowest BCUT2D eigenvalue weighted by Crippen LogP contribution is -2.46. The van der Waals surface area contributed by atoms with Crippen molar-refractivity contribution in [2.24, 2.45) is 5.92 Å². The second kappa shape index (κ2) is 13.8. The first-order chi connectivity index (χ1) is 23.8. The molecule has 5 aromatic rings. The average Bonchev–Trinajstić information content (AvgIpc) is 3.86. The minimum absolute atomic E-state index is 0.0334. The van der Waals surface area contributed by atoms with E-state index >= 15 is 0 Å². The molecule has 2 aliphatic heterocycles. The number of hydrogen-bond donors (Lipinski definition) is 0. The van der Waals surface area contributed by atoms with Crippen molar-refractivity contribution in [2.45, 2.75) is 38.8 Å². The lowest BCUT2D eigenvalue weighted by atomic mass is 10.0. The Morgan fingerprint density at radius 1 is 0.898 bits per heavy atom. The van der Waals surface area contributed by atoms with Crippen LogP contribution in [0, 0.1) is 17.6 Å². The Labute approximate surface area is 282 Å². The number of aromatic nitrogens is 6. The Hall–Kier alpha value is -5.08. The minimum atomic E-state index is -1.51. The van der Waals surface area contributed by atoms with Gasteiger partial charge in [0.25, 0.3) is 0 Å². The van der Waals surface area contributed by atoms with Crippen molar-refractivity contribution >= 4 is 11.4 Å². The van der Waals surface area contributed by atoms with Crippen LogP contribution in [0.1, 0.15) is 19.4 Å². The van der Waals surface area contributed by atoms with Gasteiger partial charge in [-0.25, -0.2) is 32.5 Å². The van der Waals surface area contributed by atoms with Gasteiger partial charge in [0.1, 0.15) is 55.6 Å². The largest absolute Gasteiger partial charge is 0.491 e. The Morgan fingerprint density at radius 3 is 2.20 bits per heavy atom. The van der Waals surface area contributed by atoms with Gasteiger partial charge in [-0.15, -0.1) is 0 Å². The molecule has 2 fully saturated rings. The standard InChI is InChI=1S/C35H38F2N8O4/c1-25(2)18-45-34(46)44(24-40-45)29-6-4-27(5-7-29)41-13-15-42(16-14-41)28-8-10-30(11-9-28)47-19-31-20-48-35(49-31,21-43-23-38-22-39-43)32-12-3-26(36)17-33(32)37/h3-12,17,22-25,31H,13-16,18-21H2,1-2H3. The molecule has 0 amide bonds. The zero-order chi connectivity index (χ0) is 34.0. The number of nitrogens with zero attached hydrogens (tertiary/aromatic N) is 8. The van der Waals surface area contributed by atoms with Crippen LogP contribution in [0.2, 0.25) is 0 Å². The van der Waals surface area contributed by atoms with Crippen LogP contribution in [-0.4, -0.2) is 74.6 Å². The number of rotatable bonds is 11. The third kappa shape index (κ3) is 7.06. The highest BCUT2D eigenvalue weighted by Crippen LogP contribution is 2.38. The quantitative estimate of drug-likeness (QED) is 0.204. The van der Waals surface area contributed by atoms with E-state index in [0.29, 0.717) is 18.2 Å². The molecule has 2 saturated heterocycles. The fourth-order valence-corrected chi connectivity index (χ4v) is 6.26. The Kier molecular flexibility index (Phi) is 9.15. The molecule has 0 bridgehead atoms. The Bertz CT molecular complexity index is 1910. The second-order valence-electron chi connectivity index (χ2n) is 12.7. The SMILES string of the molecule is CC(C)Cn1ncn(-c2ccc(N3CCN(c4ccc(OCC5COC(Cn6cncn6)(c6ccc(F)cc6F)O5)cc4)CC3)cc2)c1=O. The normalized spacial score (nSPS) is 19.6. The molecular weight excluding hydrogens is 634 g/mol. The van der Waals surface area contributed by atoms with Crippen LogP contribution in [0.15, 0.2) is 90.5 Å². The molecule has 49 heavy (non-hydrogen) atoms. The summed E-state index contributed by atoms with van der Waals surface area (Å²) >= 11 is 0. The van der Waals surface area contributed by atoms with Gasteiger partial charge in [-0.3, -0.25) is 0 Å². The van der Waals surface area contributed by atoms with Gasteiger partial charge in [0, 0.05) is 55.7 Å². The summed E-state index contributed by atoms with van der Waals surface area (Å²) in [4.78, 5) is 21.3. The summed E-state index contributed by atoms with van der Waals surface area (Å²) in [6.07, 6.45) is 3.92. The van der Waals surface area contributed by atoms with Gasteiger partial charge >= 0.3 is 5.69 Å². The average molecular weight is 673 g/mol. The van der Waals surface area contributed by atoms with E-state index in [2.05, 4.69) is 51.0 Å². The summed E-state index contributed by atoms with van der Waals surface area (Å²) in [7, 11) is 0. The molecule has 2 aromatic heterocycles. The topological polar surface area (TPSA) is 105 Å². The molecule has 12 nitrogen and oxygen atoms in total. The molecule has 0 saturated carbocycles. The summed E-state index contributed by atoms with van der Waals surface area (Å²) in [6, 6.07) is 19.2. The maximum Gasteiger partial charge on any atom is 0.350 e. The van der Waals surface area contributed by atoms with Gasteiger partial charge in [0.15, 0.2) is 0 Å². The number of benzene rings is 3. The summed E-state index contributed by atoms with van der Waals surface area (Å²) in [5.74, 6) is -1.96. The van der Waals surface area contributed by atoms with E-state index in [0.717, 1.165) is 49.3 Å². The van der Waals surface area contributed by atoms with Gasteiger partial charge in [-0.2, -0.15) is 10.2 Å². The van der Waals surface area contributed by atoms with Gasteiger partial charge < -0.3 is 24.0 Å². The molecule has 256 valence electrons. The number of ether oxygens (including phenoxy) is 3. The molecule has 14 heteroatoms. The molecule has 3 aromatic carbocycles. The molecule has 0 aliphatic carbocycles. The highest BCUT2D eigenvalue weighted by molar-refractivity contribution is 5.54. The van der Waals surface area contributed by atoms with Crippen LogP contribution >= 0.6 is 0 Å². The zero-order valence-corrected chi connectivity index (χ0v) is 27.4. The van der Waals surface area contributed by atoms with E-state index in [-0.39, 0.29) is 31.0 Å². The first-order valence-corrected chi connectivity index (χ1v) is 16.3. The van der Waals surface area contributed by atoms with E-state index in [1.165, 1.54) is 34.2 Å². The number of anilines is 2. The molecular formula is C35H38F2N8O4. The van der Waals surface area contributed by atoms with Crippen LogP contribution in [-0.2, 0) is 28.4 Å². The minimum Gasteiger partial charge on any atom is -0.491 e. The van der Waals surface area contributed by atoms with Crippen molar-refractivity contribution in [2.75, 3.05) is 49.2 Å². The molecule has 0 spiro atoms. The van der Waals surface area contributed by atoms with Crippen molar-refractivity contribution in [3.05, 3.63) is 113 Å². The molecule has 0 N–H and O–H groups in total. The van der Waals surface area contributed by atoms with Crippen LogP contribution < -0.4 is 20.2 Å². The molecule has 2 aliphatic rings. The fraction of sp³-hybridized carbons (Fsp3) is 0.371. The third-order valence-electron chi connectivity index (χ3n) is 8.72. The van der Waals surface area contributed by atoms with Crippen molar-refractivity contribution < 1.29 is 23.0 Å². The first kappa shape index (κ1) is 32.5. The first-order valence-electron chi connectivity index (χ1n) is 16.3. The third-order valence-corrected chi connectivity index (χ3v) is 8.72. The fourth-order valence-electron chi connectivity index (χ4n) is 6.26. The van der Waals surface area contributed by atoms with E-state index in [4.69, 9.17) is 14.2 Å². The van der Waals surface area contributed by atoms with Gasteiger partial charge in [-0.05, 0) is 66.6 Å². The maximum atomic E-state index is 14.9. The molecule has 0 radical (unpaired) electrons. The molecule has 7 rings (SSSR count). The van der Waals surface area contributed by atoms with Crippen molar-refractivity contribution in [1.82, 2.24) is 29.1 Å². The molecule has 2 atom stereocenters. The van der Waals surface area contributed by atoms with Crippen LogP contribution in [0.5, 0.6) is 5.75 Å². The number of piperazine rings is 1. The molecule has 4 heterocycles. The maximum absolute atomic E-state index is 14.9. The highest BCUT2D eigenvalue weighted by Gasteiger charge is 2.46. The van der Waals surface area contributed by atoms with E-state index in [1.807, 2.05) is 36.4 Å². The number of halogens is 2. The van der Waals surface area contributed by atoms with Crippen molar-refractivity contribution in [1.29, 1.82) is 0 Å². The van der Waals surface area contributed by atoms with Crippen molar-refractivity contribution in [3.63, 3.8) is 0 Å². The smallest absolute Gasteiger partial charge is 0.350 e. The highest BCUT2D eigenvalue weighted by atomic mass is 19.1. The van der Waals surface area contributed by atoms with E-state index < -0.39 is 23.5 Å². The molecule has 2 unspecified atom stereocenters. The van der Waals surface area contributed by atoms with Crippen LogP contribution in [0.3, 0.4) is 0 Å².